The van der Waals surface area contributed by atoms with Gasteiger partial charge in [-0.25, -0.2) is 9.37 Å². The maximum atomic E-state index is 14.3. The number of ether oxygens (including phenoxy) is 1. The third-order valence-electron chi connectivity index (χ3n) is 5.57. The van der Waals surface area contributed by atoms with E-state index in [0.717, 1.165) is 28.6 Å². The van der Waals surface area contributed by atoms with Crippen molar-refractivity contribution >= 4 is 55.8 Å². The van der Waals surface area contributed by atoms with Crippen LogP contribution in [0.2, 0.25) is 0 Å². The Balaban J connectivity index is 0.00000245. The lowest BCUT2D eigenvalue weighted by Crippen LogP contribution is -2.43. The molecule has 1 aromatic heterocycles. The van der Waals surface area contributed by atoms with Gasteiger partial charge in [0.25, 0.3) is 5.91 Å². The van der Waals surface area contributed by atoms with Crippen molar-refractivity contribution in [3.63, 3.8) is 0 Å². The Bertz CT molecular complexity index is 1240. The highest BCUT2D eigenvalue weighted by Gasteiger charge is 2.23. The van der Waals surface area contributed by atoms with Gasteiger partial charge < -0.3 is 4.74 Å². The largest absolute Gasteiger partial charge is 0.379 e. The van der Waals surface area contributed by atoms with E-state index in [1.807, 2.05) is 48.5 Å². The number of nitrogens with zero attached hydrogens (tertiary/aromatic N) is 3. The smallest absolute Gasteiger partial charge is 0.260 e. The minimum absolute atomic E-state index is 0. The maximum absolute atomic E-state index is 14.3. The summed E-state index contributed by atoms with van der Waals surface area (Å²) in [6.45, 7) is 4.27. The van der Waals surface area contributed by atoms with Gasteiger partial charge in [-0.3, -0.25) is 14.6 Å². The van der Waals surface area contributed by atoms with Crippen LogP contribution >= 0.6 is 23.7 Å². The molecule has 0 atom stereocenters. The van der Waals surface area contributed by atoms with E-state index in [1.54, 1.807) is 11.0 Å². The van der Waals surface area contributed by atoms with E-state index < -0.39 is 0 Å². The van der Waals surface area contributed by atoms with Gasteiger partial charge in [0.1, 0.15) is 11.3 Å². The van der Waals surface area contributed by atoms with Gasteiger partial charge in [0.15, 0.2) is 5.13 Å². The third kappa shape index (κ3) is 4.61. The Morgan fingerprint density at radius 1 is 1.06 bits per heavy atom. The number of carbonyl (C=O) groups excluding carboxylic acids is 1. The zero-order valence-electron chi connectivity index (χ0n) is 17.4. The first-order valence-electron chi connectivity index (χ1n) is 10.3. The molecule has 1 aliphatic heterocycles. The molecule has 166 valence electrons. The third-order valence-corrected chi connectivity index (χ3v) is 6.62. The maximum Gasteiger partial charge on any atom is 0.260 e. The molecule has 0 aliphatic carbocycles. The summed E-state index contributed by atoms with van der Waals surface area (Å²) in [5.74, 6) is -0.496. The van der Waals surface area contributed by atoms with Gasteiger partial charge in [0.05, 0.1) is 17.9 Å². The second-order valence-electron chi connectivity index (χ2n) is 7.56. The minimum Gasteiger partial charge on any atom is -0.379 e. The molecule has 0 unspecified atom stereocenters. The highest BCUT2D eigenvalue weighted by molar-refractivity contribution is 7.22. The SMILES string of the molecule is Cl.O=C(c1ccc2ccccc2c1)N(CCN1CCOCC1)c1nc2c(F)cccc2s1. The number of aromatic nitrogens is 1. The fourth-order valence-electron chi connectivity index (χ4n) is 3.85. The average Bonchev–Trinajstić information content (AvgIpc) is 3.25. The summed E-state index contributed by atoms with van der Waals surface area (Å²) < 4.78 is 20.4. The first-order chi connectivity index (χ1) is 15.2. The van der Waals surface area contributed by atoms with Crippen LogP contribution in [-0.4, -0.2) is 55.2 Å². The second-order valence-corrected chi connectivity index (χ2v) is 8.56. The minimum atomic E-state index is -0.369. The number of anilines is 1. The summed E-state index contributed by atoms with van der Waals surface area (Å²) in [6, 6.07) is 18.6. The van der Waals surface area contributed by atoms with E-state index in [1.165, 1.54) is 17.4 Å². The fraction of sp³-hybridized carbons (Fsp3) is 0.250. The summed E-state index contributed by atoms with van der Waals surface area (Å²) >= 11 is 1.34. The van der Waals surface area contributed by atoms with Crippen LogP contribution in [0.1, 0.15) is 10.4 Å². The molecule has 1 amide bonds. The van der Waals surface area contributed by atoms with Gasteiger partial charge in [-0.15, -0.1) is 12.4 Å². The Kier molecular flexibility index (Phi) is 7.01. The van der Waals surface area contributed by atoms with Crippen LogP contribution in [0.15, 0.2) is 60.7 Å². The summed E-state index contributed by atoms with van der Waals surface area (Å²) in [5.41, 5.74) is 0.908. The molecule has 0 saturated carbocycles. The normalized spacial score (nSPS) is 14.4. The number of benzene rings is 3. The second kappa shape index (κ2) is 9.92. The summed E-state index contributed by atoms with van der Waals surface area (Å²) in [7, 11) is 0. The van der Waals surface area contributed by atoms with Crippen LogP contribution < -0.4 is 4.90 Å². The lowest BCUT2D eigenvalue weighted by molar-refractivity contribution is 0.0391. The monoisotopic (exact) mass is 471 g/mol. The molecule has 4 aromatic rings. The Morgan fingerprint density at radius 2 is 1.84 bits per heavy atom. The van der Waals surface area contributed by atoms with Gasteiger partial charge in [-0.2, -0.15) is 0 Å². The van der Waals surface area contributed by atoms with Crippen LogP contribution in [0.3, 0.4) is 0 Å². The molecule has 3 aromatic carbocycles. The molecule has 0 N–H and O–H groups in total. The Hall–Kier alpha value is -2.58. The van der Waals surface area contributed by atoms with E-state index in [-0.39, 0.29) is 24.1 Å². The molecule has 5 rings (SSSR count). The number of amides is 1. The molecule has 1 fully saturated rings. The van der Waals surface area contributed by atoms with E-state index in [4.69, 9.17) is 4.74 Å². The average molecular weight is 472 g/mol. The zero-order valence-corrected chi connectivity index (χ0v) is 19.0. The van der Waals surface area contributed by atoms with Crippen LogP contribution in [0.4, 0.5) is 9.52 Å². The highest BCUT2D eigenvalue weighted by Crippen LogP contribution is 2.31. The van der Waals surface area contributed by atoms with Crippen molar-refractivity contribution in [2.75, 3.05) is 44.3 Å². The van der Waals surface area contributed by atoms with Crippen molar-refractivity contribution in [3.05, 3.63) is 72.0 Å². The van der Waals surface area contributed by atoms with E-state index in [2.05, 4.69) is 9.88 Å². The van der Waals surface area contributed by atoms with Crippen LogP contribution in [0.25, 0.3) is 21.0 Å². The molecular formula is C24H23ClFN3O2S. The topological polar surface area (TPSA) is 45.7 Å². The van der Waals surface area contributed by atoms with E-state index >= 15 is 0 Å². The lowest BCUT2D eigenvalue weighted by Gasteiger charge is -2.29. The summed E-state index contributed by atoms with van der Waals surface area (Å²) in [4.78, 5) is 22.0. The first-order valence-corrected chi connectivity index (χ1v) is 11.2. The van der Waals surface area contributed by atoms with Crippen molar-refractivity contribution in [1.82, 2.24) is 9.88 Å². The predicted molar refractivity (Wildman–Crippen MR) is 130 cm³/mol. The standard InChI is InChI=1S/C24H22FN3O2S.ClH/c25-20-6-3-7-21-22(20)26-24(31-21)28(11-10-27-12-14-30-15-13-27)23(29)19-9-8-17-4-1-2-5-18(17)16-19;/h1-9,16H,10-15H2;1H. The van der Waals surface area contributed by atoms with Gasteiger partial charge >= 0.3 is 0 Å². The molecule has 5 nitrogen and oxygen atoms in total. The molecule has 0 radical (unpaired) electrons. The number of hydrogen-bond donors (Lipinski definition) is 0. The molecular weight excluding hydrogens is 449 g/mol. The molecule has 2 heterocycles. The van der Waals surface area contributed by atoms with Gasteiger partial charge in [0.2, 0.25) is 0 Å². The molecule has 32 heavy (non-hydrogen) atoms. The highest BCUT2D eigenvalue weighted by atomic mass is 35.5. The molecule has 1 aliphatic rings. The van der Waals surface area contributed by atoms with Crippen molar-refractivity contribution in [3.8, 4) is 0 Å². The number of para-hydroxylation sites is 1. The van der Waals surface area contributed by atoms with Crippen molar-refractivity contribution in [2.24, 2.45) is 0 Å². The van der Waals surface area contributed by atoms with Gasteiger partial charge in [-0.05, 0) is 35.0 Å². The Labute approximate surface area is 195 Å². The van der Waals surface area contributed by atoms with Gasteiger partial charge in [0, 0.05) is 31.7 Å². The van der Waals surface area contributed by atoms with Crippen LogP contribution in [-0.2, 0) is 4.74 Å². The molecule has 8 heteroatoms. The molecule has 0 spiro atoms. The summed E-state index contributed by atoms with van der Waals surface area (Å²) in [6.07, 6.45) is 0. The number of hydrogen-bond acceptors (Lipinski definition) is 5. The lowest BCUT2D eigenvalue weighted by atomic mass is 10.1. The number of carbonyl (C=O) groups is 1. The van der Waals surface area contributed by atoms with Crippen molar-refractivity contribution in [1.29, 1.82) is 0 Å². The Morgan fingerprint density at radius 3 is 2.62 bits per heavy atom. The fourth-order valence-corrected chi connectivity index (χ4v) is 4.85. The molecule has 0 bridgehead atoms. The number of thiazole rings is 1. The van der Waals surface area contributed by atoms with Crippen LogP contribution in [0.5, 0.6) is 0 Å². The zero-order chi connectivity index (χ0) is 21.2. The van der Waals surface area contributed by atoms with Crippen LogP contribution in [0, 0.1) is 5.82 Å². The predicted octanol–water partition coefficient (Wildman–Crippen LogP) is 4.99. The molecule has 1 saturated heterocycles. The van der Waals surface area contributed by atoms with E-state index in [9.17, 15) is 9.18 Å². The number of rotatable bonds is 5. The quantitative estimate of drug-likeness (QED) is 0.411. The first kappa shape index (κ1) is 22.6. The van der Waals surface area contributed by atoms with Crippen molar-refractivity contribution in [2.45, 2.75) is 0 Å². The number of halogens is 2. The van der Waals surface area contributed by atoms with Crippen molar-refractivity contribution < 1.29 is 13.9 Å². The van der Waals surface area contributed by atoms with E-state index in [0.29, 0.717) is 42.5 Å². The van der Waals surface area contributed by atoms with Gasteiger partial charge in [-0.1, -0.05) is 47.7 Å². The summed E-state index contributed by atoms with van der Waals surface area (Å²) in [5, 5.41) is 2.62. The number of morpholine rings is 1. The number of fused-ring (bicyclic) bond motifs is 2.